The third-order valence-corrected chi connectivity index (χ3v) is 5.64. The standard InChI is InChI=1S/C20H29N5OS/c1-4-21-20(24-13-18-14(2)25-15(3)27-18)23-12-16-9-10-19(22-11-16)26-17-7-5-6-8-17/h9-11,17H,4-8,12-13H2,1-3H3,(H2,21,23,24). The Balaban J connectivity index is 1.54. The second-order valence-electron chi connectivity index (χ2n) is 6.82. The molecule has 0 aliphatic heterocycles. The number of ether oxygens (including phenoxy) is 1. The zero-order chi connectivity index (χ0) is 19.1. The summed E-state index contributed by atoms with van der Waals surface area (Å²) in [7, 11) is 0. The maximum Gasteiger partial charge on any atom is 0.213 e. The van der Waals surface area contributed by atoms with Gasteiger partial charge in [-0.1, -0.05) is 6.07 Å². The van der Waals surface area contributed by atoms with E-state index in [-0.39, 0.29) is 0 Å². The zero-order valence-corrected chi connectivity index (χ0v) is 17.2. The minimum absolute atomic E-state index is 0.338. The van der Waals surface area contributed by atoms with Crippen LogP contribution in [0.4, 0.5) is 0 Å². The van der Waals surface area contributed by atoms with Crippen LogP contribution in [0.15, 0.2) is 23.3 Å². The Morgan fingerprint density at radius 3 is 2.70 bits per heavy atom. The summed E-state index contributed by atoms with van der Waals surface area (Å²) < 4.78 is 5.92. The van der Waals surface area contributed by atoms with E-state index < -0.39 is 0 Å². The summed E-state index contributed by atoms with van der Waals surface area (Å²) in [6.07, 6.45) is 7.00. The number of aliphatic imine (C=N–C) groups is 1. The van der Waals surface area contributed by atoms with Crippen LogP contribution in [-0.2, 0) is 13.1 Å². The Labute approximate surface area is 165 Å². The summed E-state index contributed by atoms with van der Waals surface area (Å²) in [6, 6.07) is 3.99. The molecule has 1 aliphatic rings. The van der Waals surface area contributed by atoms with Crippen molar-refractivity contribution < 1.29 is 4.74 Å². The molecule has 0 atom stereocenters. The first kappa shape index (κ1) is 19.6. The number of thiazole rings is 1. The maximum atomic E-state index is 5.92. The van der Waals surface area contributed by atoms with Crippen molar-refractivity contribution in [3.63, 3.8) is 0 Å². The molecule has 1 saturated carbocycles. The van der Waals surface area contributed by atoms with Crippen LogP contribution in [0.1, 0.15) is 53.7 Å². The number of nitrogens with one attached hydrogen (secondary N) is 2. The molecule has 1 fully saturated rings. The summed E-state index contributed by atoms with van der Waals surface area (Å²) in [5.41, 5.74) is 2.15. The van der Waals surface area contributed by atoms with Gasteiger partial charge in [0.25, 0.3) is 0 Å². The molecule has 2 aromatic rings. The highest BCUT2D eigenvalue weighted by Gasteiger charge is 2.16. The van der Waals surface area contributed by atoms with Crippen LogP contribution in [0, 0.1) is 13.8 Å². The van der Waals surface area contributed by atoms with Gasteiger partial charge in [-0.2, -0.15) is 0 Å². The lowest BCUT2D eigenvalue weighted by Crippen LogP contribution is -2.36. The molecule has 146 valence electrons. The van der Waals surface area contributed by atoms with Crippen LogP contribution in [0.3, 0.4) is 0 Å². The minimum atomic E-state index is 0.338. The molecule has 2 aromatic heterocycles. The Hall–Kier alpha value is -2.15. The predicted molar refractivity (Wildman–Crippen MR) is 110 cm³/mol. The van der Waals surface area contributed by atoms with E-state index in [1.807, 2.05) is 32.2 Å². The summed E-state index contributed by atoms with van der Waals surface area (Å²) in [5, 5.41) is 7.77. The van der Waals surface area contributed by atoms with Crippen LogP contribution in [0.5, 0.6) is 5.88 Å². The van der Waals surface area contributed by atoms with E-state index in [1.54, 1.807) is 11.3 Å². The summed E-state index contributed by atoms with van der Waals surface area (Å²) >= 11 is 1.72. The molecule has 7 heteroatoms. The molecule has 0 amide bonds. The number of aryl methyl sites for hydroxylation is 2. The molecule has 0 spiro atoms. The van der Waals surface area contributed by atoms with E-state index >= 15 is 0 Å². The Morgan fingerprint density at radius 2 is 2.07 bits per heavy atom. The Bertz CT molecular complexity index is 750. The fourth-order valence-electron chi connectivity index (χ4n) is 3.16. The second kappa shape index (κ2) is 9.69. The quantitative estimate of drug-likeness (QED) is 0.559. The lowest BCUT2D eigenvalue weighted by Gasteiger charge is -2.12. The highest BCUT2D eigenvalue weighted by molar-refractivity contribution is 7.11. The van der Waals surface area contributed by atoms with Gasteiger partial charge in [0, 0.05) is 23.7 Å². The van der Waals surface area contributed by atoms with Crippen molar-refractivity contribution in [2.75, 3.05) is 6.54 Å². The number of guanidine groups is 1. The molecule has 6 nitrogen and oxygen atoms in total. The monoisotopic (exact) mass is 387 g/mol. The van der Waals surface area contributed by atoms with Crippen LogP contribution in [0.25, 0.3) is 0 Å². The smallest absolute Gasteiger partial charge is 0.213 e. The van der Waals surface area contributed by atoms with Gasteiger partial charge in [-0.15, -0.1) is 11.3 Å². The first-order valence-electron chi connectivity index (χ1n) is 9.70. The van der Waals surface area contributed by atoms with Crippen LogP contribution >= 0.6 is 11.3 Å². The summed E-state index contributed by atoms with van der Waals surface area (Å²) in [4.78, 5) is 14.8. The van der Waals surface area contributed by atoms with E-state index in [9.17, 15) is 0 Å². The third kappa shape index (κ3) is 5.92. The number of hydrogen-bond acceptors (Lipinski definition) is 5. The molecule has 0 bridgehead atoms. The highest BCUT2D eigenvalue weighted by atomic mass is 32.1. The first-order chi connectivity index (χ1) is 13.1. The summed E-state index contributed by atoms with van der Waals surface area (Å²) in [5.74, 6) is 1.52. The number of nitrogens with zero attached hydrogens (tertiary/aromatic N) is 3. The van der Waals surface area contributed by atoms with E-state index in [1.165, 1.54) is 17.7 Å². The van der Waals surface area contributed by atoms with Gasteiger partial charge >= 0.3 is 0 Å². The average molecular weight is 388 g/mol. The van der Waals surface area contributed by atoms with Gasteiger partial charge in [0.1, 0.15) is 6.10 Å². The number of rotatable bonds is 7. The van der Waals surface area contributed by atoms with Gasteiger partial charge in [0.15, 0.2) is 5.96 Å². The van der Waals surface area contributed by atoms with E-state index in [0.717, 1.165) is 54.0 Å². The summed E-state index contributed by atoms with van der Waals surface area (Å²) in [6.45, 7) is 8.27. The lowest BCUT2D eigenvalue weighted by atomic mass is 10.3. The molecule has 0 aromatic carbocycles. The second-order valence-corrected chi connectivity index (χ2v) is 8.11. The van der Waals surface area contributed by atoms with Gasteiger partial charge < -0.3 is 15.4 Å². The molecule has 2 N–H and O–H groups in total. The minimum Gasteiger partial charge on any atom is -0.474 e. The molecule has 1 aliphatic carbocycles. The van der Waals surface area contributed by atoms with Crippen molar-refractivity contribution in [1.29, 1.82) is 0 Å². The van der Waals surface area contributed by atoms with Crippen molar-refractivity contribution in [2.45, 2.75) is 65.6 Å². The molecule has 0 saturated heterocycles. The Kier molecular flexibility index (Phi) is 7.04. The fraction of sp³-hybridized carbons (Fsp3) is 0.550. The van der Waals surface area contributed by atoms with Crippen molar-refractivity contribution in [3.8, 4) is 5.88 Å². The number of hydrogen-bond donors (Lipinski definition) is 2. The molecular formula is C20H29N5OS. The topological polar surface area (TPSA) is 71.4 Å². The van der Waals surface area contributed by atoms with Gasteiger partial charge in [0.05, 0.1) is 23.8 Å². The van der Waals surface area contributed by atoms with Crippen LogP contribution in [0.2, 0.25) is 0 Å². The zero-order valence-electron chi connectivity index (χ0n) is 16.4. The molecule has 0 unspecified atom stereocenters. The number of aromatic nitrogens is 2. The number of pyridine rings is 1. The van der Waals surface area contributed by atoms with Gasteiger partial charge in [-0.25, -0.2) is 15.0 Å². The van der Waals surface area contributed by atoms with Crippen LogP contribution < -0.4 is 15.4 Å². The van der Waals surface area contributed by atoms with Gasteiger partial charge in [-0.05, 0) is 52.0 Å². The normalized spacial score (nSPS) is 15.1. The largest absolute Gasteiger partial charge is 0.474 e. The molecule has 2 heterocycles. The van der Waals surface area contributed by atoms with Gasteiger partial charge in [-0.3, -0.25) is 0 Å². The SMILES string of the molecule is CCNC(=NCc1ccc(OC2CCCC2)nc1)NCc1sc(C)nc1C. The molecule has 0 radical (unpaired) electrons. The van der Waals surface area contributed by atoms with E-state index in [0.29, 0.717) is 12.6 Å². The van der Waals surface area contributed by atoms with E-state index in [2.05, 4.69) is 32.5 Å². The fourth-order valence-corrected chi connectivity index (χ4v) is 4.04. The van der Waals surface area contributed by atoms with Gasteiger partial charge in [0.2, 0.25) is 5.88 Å². The van der Waals surface area contributed by atoms with Crippen molar-refractivity contribution in [1.82, 2.24) is 20.6 Å². The van der Waals surface area contributed by atoms with Crippen molar-refractivity contribution in [2.24, 2.45) is 4.99 Å². The third-order valence-electron chi connectivity index (χ3n) is 4.57. The predicted octanol–water partition coefficient (Wildman–Crippen LogP) is 3.73. The molecule has 3 rings (SSSR count). The van der Waals surface area contributed by atoms with Crippen molar-refractivity contribution in [3.05, 3.63) is 39.5 Å². The lowest BCUT2D eigenvalue weighted by molar-refractivity contribution is 0.201. The Morgan fingerprint density at radius 1 is 1.26 bits per heavy atom. The molecular weight excluding hydrogens is 358 g/mol. The highest BCUT2D eigenvalue weighted by Crippen LogP contribution is 2.23. The first-order valence-corrected chi connectivity index (χ1v) is 10.5. The van der Waals surface area contributed by atoms with Crippen molar-refractivity contribution >= 4 is 17.3 Å². The molecule has 27 heavy (non-hydrogen) atoms. The maximum absolute atomic E-state index is 5.92. The van der Waals surface area contributed by atoms with E-state index in [4.69, 9.17) is 4.74 Å². The average Bonchev–Trinajstić information content (AvgIpc) is 3.28. The van der Waals surface area contributed by atoms with Crippen LogP contribution in [-0.4, -0.2) is 28.6 Å².